The van der Waals surface area contributed by atoms with Crippen LogP contribution < -0.4 is 15.4 Å². The smallest absolute Gasteiger partial charge is 0.258 e. The van der Waals surface area contributed by atoms with E-state index in [2.05, 4.69) is 15.6 Å². The number of anilines is 1. The molecule has 132 valence electrons. The molecule has 0 aliphatic heterocycles. The van der Waals surface area contributed by atoms with E-state index in [9.17, 15) is 9.59 Å². The molecule has 2 amide bonds. The first-order chi connectivity index (χ1) is 12.1. The third kappa shape index (κ3) is 6.63. The third-order valence-electron chi connectivity index (χ3n) is 3.53. The van der Waals surface area contributed by atoms with Crippen molar-refractivity contribution in [3.8, 4) is 5.75 Å². The molecule has 6 heteroatoms. The van der Waals surface area contributed by atoms with E-state index in [4.69, 9.17) is 4.74 Å². The molecule has 2 rings (SSSR count). The van der Waals surface area contributed by atoms with Crippen LogP contribution in [0, 0.1) is 0 Å². The molecule has 0 aliphatic rings. The molecule has 2 N–H and O–H groups in total. The zero-order valence-electron chi connectivity index (χ0n) is 14.5. The molecule has 0 spiro atoms. The monoisotopic (exact) mass is 341 g/mol. The molecule has 0 saturated carbocycles. The lowest BCUT2D eigenvalue weighted by Crippen LogP contribution is -2.37. The number of benzene rings is 1. The molecule has 0 unspecified atom stereocenters. The van der Waals surface area contributed by atoms with Crippen LogP contribution >= 0.6 is 0 Å². The molecule has 1 atom stereocenters. The third-order valence-corrected chi connectivity index (χ3v) is 3.53. The number of ether oxygens (including phenoxy) is 1. The fourth-order valence-corrected chi connectivity index (χ4v) is 2.27. The maximum atomic E-state index is 12.0. The summed E-state index contributed by atoms with van der Waals surface area (Å²) >= 11 is 0. The molecule has 6 nitrogen and oxygen atoms in total. The van der Waals surface area contributed by atoms with Crippen molar-refractivity contribution in [1.82, 2.24) is 10.3 Å². The van der Waals surface area contributed by atoms with Crippen LogP contribution in [0.5, 0.6) is 5.75 Å². The number of nitrogens with zero attached hydrogens (tertiary/aromatic N) is 1. The Morgan fingerprint density at radius 3 is 2.40 bits per heavy atom. The van der Waals surface area contributed by atoms with Crippen LogP contribution in [0.2, 0.25) is 0 Å². The Hall–Kier alpha value is -2.89. The topological polar surface area (TPSA) is 80.3 Å². The summed E-state index contributed by atoms with van der Waals surface area (Å²) in [5.74, 6) is 0.354. The van der Waals surface area contributed by atoms with Crippen molar-refractivity contribution in [2.45, 2.75) is 32.7 Å². The van der Waals surface area contributed by atoms with Gasteiger partial charge in [-0.25, -0.2) is 0 Å². The van der Waals surface area contributed by atoms with Gasteiger partial charge in [-0.15, -0.1) is 0 Å². The summed E-state index contributed by atoms with van der Waals surface area (Å²) in [6, 6.07) is 10.8. The van der Waals surface area contributed by atoms with Crippen LogP contribution in [-0.4, -0.2) is 29.4 Å². The van der Waals surface area contributed by atoms with Crippen molar-refractivity contribution >= 4 is 17.5 Å². The normalized spacial score (nSPS) is 11.4. The number of hydrogen-bond acceptors (Lipinski definition) is 4. The van der Waals surface area contributed by atoms with Gasteiger partial charge in [0.05, 0.1) is 0 Å². The van der Waals surface area contributed by atoms with Crippen LogP contribution in [0.4, 0.5) is 5.69 Å². The van der Waals surface area contributed by atoms with Gasteiger partial charge in [-0.2, -0.15) is 0 Å². The van der Waals surface area contributed by atoms with Gasteiger partial charge in [0.1, 0.15) is 5.75 Å². The molecule has 0 aliphatic carbocycles. The molecule has 1 aromatic carbocycles. The van der Waals surface area contributed by atoms with Crippen molar-refractivity contribution in [2.75, 3.05) is 11.9 Å². The van der Waals surface area contributed by atoms with Gasteiger partial charge < -0.3 is 15.4 Å². The first-order valence-electron chi connectivity index (χ1n) is 8.27. The predicted molar refractivity (Wildman–Crippen MR) is 96.4 cm³/mol. The summed E-state index contributed by atoms with van der Waals surface area (Å²) in [4.78, 5) is 27.3. The summed E-state index contributed by atoms with van der Waals surface area (Å²) in [6.07, 6.45) is 4.63. The number of pyridine rings is 1. The zero-order chi connectivity index (χ0) is 18.1. The van der Waals surface area contributed by atoms with Gasteiger partial charge in [-0.1, -0.05) is 6.92 Å². The molecule has 1 aromatic heterocycles. The number of carbonyl (C=O) groups is 2. The van der Waals surface area contributed by atoms with Crippen molar-refractivity contribution in [2.24, 2.45) is 0 Å². The van der Waals surface area contributed by atoms with E-state index in [1.165, 1.54) is 0 Å². The van der Waals surface area contributed by atoms with Crippen LogP contribution in [-0.2, 0) is 16.0 Å². The fourth-order valence-electron chi connectivity index (χ4n) is 2.27. The largest absolute Gasteiger partial charge is 0.484 e. The minimum absolute atomic E-state index is 0.00475. The van der Waals surface area contributed by atoms with Gasteiger partial charge in [-0.3, -0.25) is 14.6 Å². The van der Waals surface area contributed by atoms with E-state index in [0.717, 1.165) is 12.0 Å². The summed E-state index contributed by atoms with van der Waals surface area (Å²) in [7, 11) is 0. The highest BCUT2D eigenvalue weighted by molar-refractivity contribution is 5.90. The SMILES string of the molecule is CCC(=O)Nc1ccc(OCC(=O)N[C@H](C)Cc2ccncc2)cc1. The second-order valence-corrected chi connectivity index (χ2v) is 5.74. The number of nitrogens with one attached hydrogen (secondary N) is 2. The zero-order valence-corrected chi connectivity index (χ0v) is 14.5. The van der Waals surface area contributed by atoms with E-state index >= 15 is 0 Å². The Balaban J connectivity index is 1.74. The Morgan fingerprint density at radius 1 is 1.08 bits per heavy atom. The number of aromatic nitrogens is 1. The molecule has 25 heavy (non-hydrogen) atoms. The molecular weight excluding hydrogens is 318 g/mol. The number of amides is 2. The maximum absolute atomic E-state index is 12.0. The van der Waals surface area contributed by atoms with Crippen LogP contribution in [0.15, 0.2) is 48.8 Å². The highest BCUT2D eigenvalue weighted by atomic mass is 16.5. The number of rotatable bonds is 8. The Morgan fingerprint density at radius 2 is 1.76 bits per heavy atom. The van der Waals surface area contributed by atoms with Crippen LogP contribution in [0.3, 0.4) is 0 Å². The lowest BCUT2D eigenvalue weighted by Gasteiger charge is -2.14. The average molecular weight is 341 g/mol. The minimum Gasteiger partial charge on any atom is -0.484 e. The van der Waals surface area contributed by atoms with Crippen molar-refractivity contribution in [3.05, 3.63) is 54.4 Å². The van der Waals surface area contributed by atoms with E-state index in [1.54, 1.807) is 43.6 Å². The van der Waals surface area contributed by atoms with Gasteiger partial charge in [0.25, 0.3) is 5.91 Å². The minimum atomic E-state index is -0.176. The molecule has 0 fully saturated rings. The second-order valence-electron chi connectivity index (χ2n) is 5.74. The Bertz CT molecular complexity index is 687. The lowest BCUT2D eigenvalue weighted by atomic mass is 10.1. The van der Waals surface area contributed by atoms with E-state index in [0.29, 0.717) is 17.9 Å². The van der Waals surface area contributed by atoms with E-state index < -0.39 is 0 Å². The summed E-state index contributed by atoms with van der Waals surface area (Å²) in [6.45, 7) is 3.69. The van der Waals surface area contributed by atoms with Gasteiger partial charge in [-0.05, 0) is 55.3 Å². The van der Waals surface area contributed by atoms with Gasteiger partial charge in [0.15, 0.2) is 6.61 Å². The lowest BCUT2D eigenvalue weighted by molar-refractivity contribution is -0.123. The van der Waals surface area contributed by atoms with E-state index in [-0.39, 0.29) is 24.5 Å². The van der Waals surface area contributed by atoms with Gasteiger partial charge in [0, 0.05) is 30.5 Å². The van der Waals surface area contributed by atoms with Crippen molar-refractivity contribution in [3.63, 3.8) is 0 Å². The highest BCUT2D eigenvalue weighted by Crippen LogP contribution is 2.15. The van der Waals surface area contributed by atoms with Crippen LogP contribution in [0.25, 0.3) is 0 Å². The molecule has 1 heterocycles. The van der Waals surface area contributed by atoms with Crippen LogP contribution in [0.1, 0.15) is 25.8 Å². The summed E-state index contributed by atoms with van der Waals surface area (Å²) in [5.41, 5.74) is 1.82. The maximum Gasteiger partial charge on any atom is 0.258 e. The van der Waals surface area contributed by atoms with E-state index in [1.807, 2.05) is 19.1 Å². The second kappa shape index (κ2) is 9.42. The average Bonchev–Trinajstić information content (AvgIpc) is 2.61. The first-order valence-corrected chi connectivity index (χ1v) is 8.27. The molecule has 2 aromatic rings. The fraction of sp³-hybridized carbons (Fsp3) is 0.316. The quantitative estimate of drug-likeness (QED) is 0.773. The van der Waals surface area contributed by atoms with Crippen molar-refractivity contribution in [1.29, 1.82) is 0 Å². The van der Waals surface area contributed by atoms with Gasteiger partial charge >= 0.3 is 0 Å². The predicted octanol–water partition coefficient (Wildman–Crippen LogP) is 2.56. The summed E-state index contributed by atoms with van der Waals surface area (Å²) in [5, 5.41) is 5.66. The Labute approximate surface area is 147 Å². The highest BCUT2D eigenvalue weighted by Gasteiger charge is 2.09. The van der Waals surface area contributed by atoms with Crippen molar-refractivity contribution < 1.29 is 14.3 Å². The molecule has 0 bridgehead atoms. The Kier molecular flexibility index (Phi) is 6.95. The number of carbonyl (C=O) groups excluding carboxylic acids is 2. The molecular formula is C19H23N3O3. The molecule has 0 radical (unpaired) electrons. The van der Waals surface area contributed by atoms with Gasteiger partial charge in [0.2, 0.25) is 5.91 Å². The standard InChI is InChI=1S/C19H23N3O3/c1-3-18(23)22-16-4-6-17(7-5-16)25-13-19(24)21-14(2)12-15-8-10-20-11-9-15/h4-11,14H,3,12-13H2,1-2H3,(H,21,24)(H,22,23)/t14-/m1/s1. The summed E-state index contributed by atoms with van der Waals surface area (Å²) < 4.78 is 5.47. The molecule has 0 saturated heterocycles. The number of hydrogen-bond donors (Lipinski definition) is 2. The first kappa shape index (κ1) is 18.4.